The summed E-state index contributed by atoms with van der Waals surface area (Å²) in [7, 11) is 6.10. The van der Waals surface area contributed by atoms with Gasteiger partial charge in [0.25, 0.3) is 0 Å². The van der Waals surface area contributed by atoms with Gasteiger partial charge in [-0.15, -0.1) is 0 Å². The number of hydrogen-bond acceptors (Lipinski definition) is 2. The van der Waals surface area contributed by atoms with Crippen LogP contribution >= 0.6 is 0 Å². The molecule has 0 bridgehead atoms. The Balaban J connectivity index is 0. The Kier molecular flexibility index (Phi) is 14.0. The lowest BCUT2D eigenvalue weighted by molar-refractivity contribution is 0.407. The average Bonchev–Trinajstić information content (AvgIpc) is 1.88. The predicted octanol–water partition coefficient (Wildman–Crippen LogP) is 0.794. The zero-order chi connectivity index (χ0) is 7.70. The van der Waals surface area contributed by atoms with Gasteiger partial charge in [0.15, 0.2) is 0 Å². The fourth-order valence-electron chi connectivity index (χ4n) is 0.335. The Morgan fingerprint density at radius 2 is 1.67 bits per heavy atom. The van der Waals surface area contributed by atoms with E-state index in [1.807, 2.05) is 20.9 Å². The summed E-state index contributed by atoms with van der Waals surface area (Å²) in [6, 6.07) is 0. The Morgan fingerprint density at radius 3 is 1.78 bits per heavy atom. The molecule has 1 N–H and O–H groups in total. The maximum atomic E-state index is 3.06. The van der Waals surface area contributed by atoms with E-state index in [0.717, 1.165) is 13.1 Å². The van der Waals surface area contributed by atoms with Crippen LogP contribution in [0.2, 0.25) is 0 Å². The van der Waals surface area contributed by atoms with Crippen LogP contribution in [0.4, 0.5) is 0 Å². The fourth-order valence-corrected chi connectivity index (χ4v) is 0.335. The molecule has 0 aromatic rings. The minimum absolute atomic E-state index is 1.08. The summed E-state index contributed by atoms with van der Waals surface area (Å²) < 4.78 is 0. The lowest BCUT2D eigenvalue weighted by Crippen LogP contribution is -2.23. The van der Waals surface area contributed by atoms with Gasteiger partial charge in [0, 0.05) is 13.1 Å². The Labute approximate surface area is 59.2 Å². The molecule has 2 heteroatoms. The smallest absolute Gasteiger partial charge is 0.0101 e. The van der Waals surface area contributed by atoms with E-state index in [0.29, 0.717) is 0 Å². The molecule has 0 aromatic heterocycles. The van der Waals surface area contributed by atoms with E-state index in [-0.39, 0.29) is 0 Å². The topological polar surface area (TPSA) is 15.3 Å². The van der Waals surface area contributed by atoms with Gasteiger partial charge in [-0.25, -0.2) is 0 Å². The van der Waals surface area contributed by atoms with Crippen LogP contribution in [0.1, 0.15) is 13.8 Å². The third-order valence-corrected chi connectivity index (χ3v) is 0.809. The van der Waals surface area contributed by atoms with Crippen LogP contribution in [0.25, 0.3) is 0 Å². The summed E-state index contributed by atoms with van der Waals surface area (Å²) in [5.41, 5.74) is 0. The Hall–Kier alpha value is -0.0800. The van der Waals surface area contributed by atoms with E-state index in [4.69, 9.17) is 0 Å². The number of nitrogens with one attached hydrogen (secondary N) is 1. The van der Waals surface area contributed by atoms with Gasteiger partial charge in [-0.3, -0.25) is 0 Å². The third kappa shape index (κ3) is 18.1. The molecule has 58 valence electrons. The molecule has 0 saturated heterocycles. The number of hydrogen-bond donors (Lipinski definition) is 1. The highest BCUT2D eigenvalue weighted by atomic mass is 15.1. The largest absolute Gasteiger partial charge is 0.318 e. The second kappa shape index (κ2) is 10.8. The first-order valence-electron chi connectivity index (χ1n) is 3.56. The van der Waals surface area contributed by atoms with Gasteiger partial charge in [0.2, 0.25) is 0 Å². The van der Waals surface area contributed by atoms with Gasteiger partial charge in [0.1, 0.15) is 0 Å². The van der Waals surface area contributed by atoms with Crippen molar-refractivity contribution in [1.29, 1.82) is 0 Å². The van der Waals surface area contributed by atoms with Crippen molar-refractivity contribution >= 4 is 0 Å². The number of likely N-dealkylation sites (N-methyl/N-ethyl adjacent to an activating group) is 2. The maximum absolute atomic E-state index is 3.06. The first-order chi connectivity index (χ1) is 4.27. The van der Waals surface area contributed by atoms with Crippen molar-refractivity contribution in [2.45, 2.75) is 13.8 Å². The average molecular weight is 132 g/mol. The summed E-state index contributed by atoms with van der Waals surface area (Å²) in [6.45, 7) is 6.20. The van der Waals surface area contributed by atoms with Gasteiger partial charge < -0.3 is 10.2 Å². The second-order valence-electron chi connectivity index (χ2n) is 1.91. The highest BCUT2D eigenvalue weighted by Gasteiger charge is 1.82. The normalized spacial score (nSPS) is 8.67. The fraction of sp³-hybridized carbons (Fsp3) is 1.00. The van der Waals surface area contributed by atoms with Crippen LogP contribution < -0.4 is 5.32 Å². The van der Waals surface area contributed by atoms with Crippen LogP contribution in [-0.2, 0) is 0 Å². The van der Waals surface area contributed by atoms with Crippen molar-refractivity contribution in [2.24, 2.45) is 0 Å². The predicted molar refractivity (Wildman–Crippen MR) is 43.8 cm³/mol. The molecule has 0 saturated carbocycles. The van der Waals surface area contributed by atoms with E-state index >= 15 is 0 Å². The molecule has 0 aromatic carbocycles. The van der Waals surface area contributed by atoms with Gasteiger partial charge in [-0.2, -0.15) is 0 Å². The minimum atomic E-state index is 1.08. The van der Waals surface area contributed by atoms with Crippen molar-refractivity contribution in [1.82, 2.24) is 10.2 Å². The van der Waals surface area contributed by atoms with E-state index in [1.54, 1.807) is 0 Å². The quantitative estimate of drug-likeness (QED) is 0.611. The van der Waals surface area contributed by atoms with Crippen LogP contribution in [-0.4, -0.2) is 39.1 Å². The van der Waals surface area contributed by atoms with E-state index in [1.165, 1.54) is 0 Å². The second-order valence-corrected chi connectivity index (χ2v) is 1.91. The van der Waals surface area contributed by atoms with Crippen LogP contribution in [0.15, 0.2) is 0 Å². The lowest BCUT2D eigenvalue weighted by atomic mass is 10.6. The summed E-state index contributed by atoms with van der Waals surface area (Å²) in [6.07, 6.45) is 0. The zero-order valence-corrected chi connectivity index (χ0v) is 7.36. The van der Waals surface area contributed by atoms with Crippen LogP contribution in [0.3, 0.4) is 0 Å². The molecular formula is C7H20N2. The van der Waals surface area contributed by atoms with Gasteiger partial charge >= 0.3 is 0 Å². The molecule has 0 unspecified atom stereocenters. The third-order valence-electron chi connectivity index (χ3n) is 0.809. The molecule has 0 radical (unpaired) electrons. The lowest BCUT2D eigenvalue weighted by Gasteiger charge is -2.06. The van der Waals surface area contributed by atoms with Crippen molar-refractivity contribution in [3.05, 3.63) is 0 Å². The maximum Gasteiger partial charge on any atom is 0.0101 e. The molecule has 9 heavy (non-hydrogen) atoms. The Morgan fingerprint density at radius 1 is 1.22 bits per heavy atom. The summed E-state index contributed by atoms with van der Waals surface area (Å²) >= 11 is 0. The molecule has 0 aliphatic rings. The van der Waals surface area contributed by atoms with Crippen LogP contribution in [0.5, 0.6) is 0 Å². The van der Waals surface area contributed by atoms with E-state index in [9.17, 15) is 0 Å². The molecule has 0 heterocycles. The first-order valence-corrected chi connectivity index (χ1v) is 3.56. The van der Waals surface area contributed by atoms with Crippen LogP contribution in [0, 0.1) is 0 Å². The molecule has 0 spiro atoms. The molecule has 0 atom stereocenters. The van der Waals surface area contributed by atoms with Crippen molar-refractivity contribution in [3.63, 3.8) is 0 Å². The molecular weight excluding hydrogens is 112 g/mol. The molecule has 0 aliphatic carbocycles. The molecule has 0 rings (SSSR count). The SMILES string of the molecule is CC.CNCCN(C)C. The number of nitrogens with zero attached hydrogens (tertiary/aromatic N) is 1. The monoisotopic (exact) mass is 132 g/mol. The molecule has 2 nitrogen and oxygen atoms in total. The van der Waals surface area contributed by atoms with Crippen molar-refractivity contribution < 1.29 is 0 Å². The summed E-state index contributed by atoms with van der Waals surface area (Å²) in [4.78, 5) is 2.15. The molecule has 0 amide bonds. The molecule has 0 aliphatic heterocycles. The minimum Gasteiger partial charge on any atom is -0.318 e. The zero-order valence-electron chi connectivity index (χ0n) is 7.36. The Bertz CT molecular complexity index is 35.9. The van der Waals surface area contributed by atoms with Crippen molar-refractivity contribution in [2.75, 3.05) is 34.2 Å². The summed E-state index contributed by atoms with van der Waals surface area (Å²) in [5, 5.41) is 3.06. The highest BCUT2D eigenvalue weighted by molar-refractivity contribution is 4.42. The highest BCUT2D eigenvalue weighted by Crippen LogP contribution is 1.66. The molecule has 0 fully saturated rings. The van der Waals surface area contributed by atoms with Gasteiger partial charge in [0.05, 0.1) is 0 Å². The van der Waals surface area contributed by atoms with Gasteiger partial charge in [-0.05, 0) is 21.1 Å². The first kappa shape index (κ1) is 11.7. The van der Waals surface area contributed by atoms with E-state index in [2.05, 4.69) is 24.3 Å². The van der Waals surface area contributed by atoms with Crippen molar-refractivity contribution in [3.8, 4) is 0 Å². The van der Waals surface area contributed by atoms with E-state index < -0.39 is 0 Å². The standard InChI is InChI=1S/C5H14N2.C2H6/c1-6-4-5-7(2)3;1-2/h6H,4-5H2,1-3H3;1-2H3. The van der Waals surface area contributed by atoms with Gasteiger partial charge in [-0.1, -0.05) is 13.8 Å². The summed E-state index contributed by atoms with van der Waals surface area (Å²) in [5.74, 6) is 0. The number of rotatable bonds is 3.